The molecule has 0 radical (unpaired) electrons. The van der Waals surface area contributed by atoms with Crippen molar-refractivity contribution in [2.75, 3.05) is 23.1 Å². The van der Waals surface area contributed by atoms with Gasteiger partial charge < -0.3 is 9.73 Å². The number of rotatable bonds is 10. The highest BCUT2D eigenvalue weighted by Gasteiger charge is 2.27. The van der Waals surface area contributed by atoms with Crippen molar-refractivity contribution in [3.05, 3.63) is 83.8 Å². The van der Waals surface area contributed by atoms with Gasteiger partial charge in [0.05, 0.1) is 22.6 Å². The van der Waals surface area contributed by atoms with Crippen LogP contribution >= 0.6 is 11.8 Å². The van der Waals surface area contributed by atoms with Crippen molar-refractivity contribution in [2.45, 2.75) is 24.5 Å². The molecule has 2 aromatic carbocycles. The van der Waals surface area contributed by atoms with E-state index >= 15 is 0 Å². The van der Waals surface area contributed by atoms with Crippen LogP contribution in [0.1, 0.15) is 16.9 Å². The number of hydrogen-bond acceptors (Lipinski definition) is 5. The monoisotopic (exact) mass is 458 g/mol. The number of thioether (sulfide) groups is 1. The van der Waals surface area contributed by atoms with Crippen LogP contribution in [0.15, 0.2) is 76.2 Å². The Hall–Kier alpha value is -2.71. The molecule has 3 aromatic rings. The minimum atomic E-state index is -3.89. The van der Waals surface area contributed by atoms with E-state index in [4.69, 9.17) is 4.42 Å². The summed E-state index contributed by atoms with van der Waals surface area (Å²) < 4.78 is 33.1. The average Bonchev–Trinajstić information content (AvgIpc) is 3.25. The largest absolute Gasteiger partial charge is 0.468 e. The summed E-state index contributed by atoms with van der Waals surface area (Å²) in [5.74, 6) is 1.95. The van der Waals surface area contributed by atoms with Crippen LogP contribution in [-0.4, -0.2) is 33.2 Å². The molecule has 0 spiro atoms. The first-order chi connectivity index (χ1) is 14.9. The molecule has 0 aliphatic carbocycles. The van der Waals surface area contributed by atoms with Gasteiger partial charge in [-0.05, 0) is 55.8 Å². The van der Waals surface area contributed by atoms with Gasteiger partial charge in [0, 0.05) is 12.3 Å². The number of anilines is 1. The third-order valence-corrected chi connectivity index (χ3v) is 7.35. The maximum Gasteiger partial charge on any atom is 0.264 e. The highest BCUT2D eigenvalue weighted by Crippen LogP contribution is 2.24. The van der Waals surface area contributed by atoms with Gasteiger partial charge in [0.15, 0.2) is 0 Å². The van der Waals surface area contributed by atoms with E-state index in [1.807, 2.05) is 32.0 Å². The lowest BCUT2D eigenvalue weighted by Crippen LogP contribution is -2.41. The summed E-state index contributed by atoms with van der Waals surface area (Å²) >= 11 is 1.63. The maximum atomic E-state index is 13.3. The van der Waals surface area contributed by atoms with E-state index in [2.05, 4.69) is 5.32 Å². The number of nitrogens with one attached hydrogen (secondary N) is 1. The van der Waals surface area contributed by atoms with Crippen LogP contribution in [0.3, 0.4) is 0 Å². The van der Waals surface area contributed by atoms with Crippen molar-refractivity contribution in [3.8, 4) is 0 Å². The van der Waals surface area contributed by atoms with Gasteiger partial charge in [-0.1, -0.05) is 29.8 Å². The second-order valence-corrected chi connectivity index (χ2v) is 10.1. The number of sulfonamides is 1. The Balaban J connectivity index is 1.68. The number of furan rings is 1. The number of benzene rings is 2. The Bertz CT molecular complexity index is 1090. The number of amides is 1. The van der Waals surface area contributed by atoms with Crippen LogP contribution in [0.2, 0.25) is 0 Å². The van der Waals surface area contributed by atoms with Crippen molar-refractivity contribution in [1.29, 1.82) is 0 Å². The van der Waals surface area contributed by atoms with Crippen molar-refractivity contribution < 1.29 is 17.6 Å². The van der Waals surface area contributed by atoms with Gasteiger partial charge in [0.1, 0.15) is 12.3 Å². The highest BCUT2D eigenvalue weighted by atomic mass is 32.2. The fourth-order valence-electron chi connectivity index (χ4n) is 2.95. The lowest BCUT2D eigenvalue weighted by molar-refractivity contribution is -0.119. The van der Waals surface area contributed by atoms with Crippen molar-refractivity contribution in [3.63, 3.8) is 0 Å². The van der Waals surface area contributed by atoms with E-state index in [-0.39, 0.29) is 17.3 Å². The van der Waals surface area contributed by atoms with Crippen LogP contribution in [0, 0.1) is 13.8 Å². The molecule has 3 rings (SSSR count). The fourth-order valence-corrected chi connectivity index (χ4v) is 5.12. The molecule has 1 amide bonds. The third kappa shape index (κ3) is 6.38. The molecule has 0 atom stereocenters. The molecule has 0 fully saturated rings. The van der Waals surface area contributed by atoms with Gasteiger partial charge in [-0.2, -0.15) is 11.8 Å². The van der Waals surface area contributed by atoms with Crippen LogP contribution in [-0.2, 0) is 20.6 Å². The molecule has 8 heteroatoms. The van der Waals surface area contributed by atoms with Gasteiger partial charge in [-0.3, -0.25) is 9.10 Å². The normalized spacial score (nSPS) is 11.3. The third-order valence-electron chi connectivity index (χ3n) is 4.58. The molecule has 31 heavy (non-hydrogen) atoms. The summed E-state index contributed by atoms with van der Waals surface area (Å²) in [4.78, 5) is 12.7. The van der Waals surface area contributed by atoms with Gasteiger partial charge in [-0.15, -0.1) is 0 Å². The Kier molecular flexibility index (Phi) is 7.81. The molecule has 1 N–H and O–H groups in total. The van der Waals surface area contributed by atoms with Crippen molar-refractivity contribution in [1.82, 2.24) is 5.32 Å². The molecule has 164 valence electrons. The molecule has 6 nitrogen and oxygen atoms in total. The van der Waals surface area contributed by atoms with E-state index in [1.54, 1.807) is 60.5 Å². The molecule has 0 saturated heterocycles. The van der Waals surface area contributed by atoms with E-state index < -0.39 is 10.0 Å². The SMILES string of the molecule is Cc1ccc(S(=O)(=O)N(CC(=O)NCCSCc2ccco2)c2cccc(C)c2)cc1. The minimum absolute atomic E-state index is 0.154. The molecule has 0 saturated carbocycles. The fraction of sp³-hybridized carbons (Fsp3) is 0.261. The molecule has 0 bridgehead atoms. The first kappa shape index (κ1) is 23.0. The van der Waals surface area contributed by atoms with Gasteiger partial charge in [-0.25, -0.2) is 8.42 Å². The summed E-state index contributed by atoms with van der Waals surface area (Å²) in [5.41, 5.74) is 2.34. The van der Waals surface area contributed by atoms with E-state index in [9.17, 15) is 13.2 Å². The molecule has 0 aliphatic heterocycles. The van der Waals surface area contributed by atoms with Crippen molar-refractivity contribution in [2.24, 2.45) is 0 Å². The van der Waals surface area contributed by atoms with Gasteiger partial charge in [0.2, 0.25) is 5.91 Å². The Morgan fingerprint density at radius 1 is 1.03 bits per heavy atom. The van der Waals surface area contributed by atoms with Crippen LogP contribution < -0.4 is 9.62 Å². The minimum Gasteiger partial charge on any atom is -0.468 e. The quantitative estimate of drug-likeness (QED) is 0.462. The molecular weight excluding hydrogens is 432 g/mol. The van der Waals surface area contributed by atoms with Gasteiger partial charge >= 0.3 is 0 Å². The first-order valence-corrected chi connectivity index (χ1v) is 12.5. The van der Waals surface area contributed by atoms with Gasteiger partial charge in [0.25, 0.3) is 10.0 Å². The lowest BCUT2D eigenvalue weighted by atomic mass is 10.2. The van der Waals surface area contributed by atoms with E-state index in [0.29, 0.717) is 18.0 Å². The number of hydrogen-bond donors (Lipinski definition) is 1. The predicted molar refractivity (Wildman–Crippen MR) is 125 cm³/mol. The Labute approximate surface area is 187 Å². The van der Waals surface area contributed by atoms with Crippen molar-refractivity contribution >= 4 is 33.4 Å². The summed E-state index contributed by atoms with van der Waals surface area (Å²) in [6, 6.07) is 17.5. The standard InChI is InChI=1S/C23H26N2O4S2/c1-18-8-10-22(11-9-18)31(27,28)25(20-6-3-5-19(2)15-20)16-23(26)24-12-14-30-17-21-7-4-13-29-21/h3-11,13,15H,12,14,16-17H2,1-2H3,(H,24,26). The predicted octanol–water partition coefficient (Wildman–Crippen LogP) is 4.14. The summed E-state index contributed by atoms with van der Waals surface area (Å²) in [5, 5.41) is 2.81. The lowest BCUT2D eigenvalue weighted by Gasteiger charge is -2.24. The summed E-state index contributed by atoms with van der Waals surface area (Å²) in [6.45, 7) is 3.93. The highest BCUT2D eigenvalue weighted by molar-refractivity contribution is 7.98. The second-order valence-electron chi connectivity index (χ2n) is 7.15. The molecular formula is C23H26N2O4S2. The molecule has 0 aliphatic rings. The maximum absolute atomic E-state index is 13.3. The zero-order valence-corrected chi connectivity index (χ0v) is 19.2. The van der Waals surface area contributed by atoms with Crippen LogP contribution in [0.4, 0.5) is 5.69 Å². The zero-order valence-electron chi connectivity index (χ0n) is 17.6. The average molecular weight is 459 g/mol. The number of aryl methyl sites for hydroxylation is 2. The molecule has 1 aromatic heterocycles. The molecule has 1 heterocycles. The molecule has 0 unspecified atom stereocenters. The number of carbonyl (C=O) groups excluding carboxylic acids is 1. The first-order valence-electron chi connectivity index (χ1n) is 9.89. The van der Waals surface area contributed by atoms with E-state index in [1.165, 1.54) is 0 Å². The number of nitrogens with zero attached hydrogens (tertiary/aromatic N) is 1. The summed E-state index contributed by atoms with van der Waals surface area (Å²) in [6.07, 6.45) is 1.63. The Morgan fingerprint density at radius 3 is 2.48 bits per heavy atom. The zero-order chi connectivity index (χ0) is 22.3. The topological polar surface area (TPSA) is 79.6 Å². The van der Waals surface area contributed by atoms with Crippen LogP contribution in [0.5, 0.6) is 0 Å². The van der Waals surface area contributed by atoms with E-state index in [0.717, 1.165) is 26.9 Å². The number of carbonyl (C=O) groups is 1. The summed E-state index contributed by atoms with van der Waals surface area (Å²) in [7, 11) is -3.89. The second kappa shape index (κ2) is 10.5. The smallest absolute Gasteiger partial charge is 0.264 e. The van der Waals surface area contributed by atoms with Crippen LogP contribution in [0.25, 0.3) is 0 Å². The Morgan fingerprint density at radius 2 is 1.81 bits per heavy atom.